The summed E-state index contributed by atoms with van der Waals surface area (Å²) in [7, 11) is 0. The normalized spacial score (nSPS) is 14.4. The van der Waals surface area contributed by atoms with Gasteiger partial charge in [0.25, 0.3) is 0 Å². The first-order valence-corrected chi connectivity index (χ1v) is 5.68. The Kier molecular flexibility index (Phi) is 5.12. The Balaban J connectivity index is 2.52. The van der Waals surface area contributed by atoms with Gasteiger partial charge in [-0.25, -0.2) is 4.79 Å². The lowest BCUT2D eigenvalue weighted by molar-refractivity contribution is -0.158. The van der Waals surface area contributed by atoms with Crippen LogP contribution in [0.5, 0.6) is 0 Å². The highest BCUT2D eigenvalue weighted by atomic mass is 16.6. The molecule has 0 bridgehead atoms. The topological polar surface area (TPSA) is 72.5 Å². The fraction of sp³-hybridized carbons (Fsp3) is 0.462. The summed E-state index contributed by atoms with van der Waals surface area (Å²) in [6.45, 7) is 3.46. The van der Waals surface area contributed by atoms with Gasteiger partial charge in [-0.3, -0.25) is 0 Å². The SMILES string of the molecule is CC(C)OC(=O)[C@H](O)C(N)Cc1ccccc1. The van der Waals surface area contributed by atoms with Crippen molar-refractivity contribution in [3.63, 3.8) is 0 Å². The number of aliphatic hydroxyl groups is 1. The summed E-state index contributed by atoms with van der Waals surface area (Å²) in [5.41, 5.74) is 6.76. The van der Waals surface area contributed by atoms with Crippen LogP contribution in [0.2, 0.25) is 0 Å². The highest BCUT2D eigenvalue weighted by molar-refractivity contribution is 5.75. The van der Waals surface area contributed by atoms with Crippen LogP contribution in [0, 0.1) is 0 Å². The van der Waals surface area contributed by atoms with E-state index in [1.165, 1.54) is 0 Å². The number of hydrogen-bond acceptors (Lipinski definition) is 4. The van der Waals surface area contributed by atoms with E-state index in [9.17, 15) is 9.90 Å². The van der Waals surface area contributed by atoms with Crippen molar-refractivity contribution in [2.24, 2.45) is 5.73 Å². The number of carbonyl (C=O) groups is 1. The summed E-state index contributed by atoms with van der Waals surface area (Å²) in [5.74, 6) is -0.663. The van der Waals surface area contributed by atoms with E-state index in [-0.39, 0.29) is 6.10 Å². The van der Waals surface area contributed by atoms with Crippen LogP contribution in [0.15, 0.2) is 30.3 Å². The van der Waals surface area contributed by atoms with Gasteiger partial charge in [-0.2, -0.15) is 0 Å². The van der Waals surface area contributed by atoms with Crippen molar-refractivity contribution < 1.29 is 14.6 Å². The lowest BCUT2D eigenvalue weighted by atomic mass is 10.0. The number of nitrogens with two attached hydrogens (primary N) is 1. The van der Waals surface area contributed by atoms with E-state index >= 15 is 0 Å². The zero-order valence-electron chi connectivity index (χ0n) is 10.2. The van der Waals surface area contributed by atoms with Crippen molar-refractivity contribution in [1.82, 2.24) is 0 Å². The van der Waals surface area contributed by atoms with Gasteiger partial charge in [0.2, 0.25) is 0 Å². The molecule has 0 amide bonds. The molecule has 1 rings (SSSR count). The minimum absolute atomic E-state index is 0.249. The molecule has 0 saturated carbocycles. The van der Waals surface area contributed by atoms with Crippen molar-refractivity contribution in [2.45, 2.75) is 38.5 Å². The number of hydrogen-bond donors (Lipinski definition) is 2. The van der Waals surface area contributed by atoms with Crippen LogP contribution >= 0.6 is 0 Å². The summed E-state index contributed by atoms with van der Waals surface area (Å²) >= 11 is 0. The van der Waals surface area contributed by atoms with E-state index in [2.05, 4.69) is 0 Å². The van der Waals surface area contributed by atoms with Crippen molar-refractivity contribution >= 4 is 5.97 Å². The third-order valence-electron chi connectivity index (χ3n) is 2.31. The number of esters is 1. The molecule has 17 heavy (non-hydrogen) atoms. The van der Waals surface area contributed by atoms with Crippen molar-refractivity contribution in [3.8, 4) is 0 Å². The molecule has 94 valence electrons. The molecular formula is C13H19NO3. The second kappa shape index (κ2) is 6.37. The zero-order chi connectivity index (χ0) is 12.8. The second-order valence-electron chi connectivity index (χ2n) is 4.28. The van der Waals surface area contributed by atoms with E-state index in [4.69, 9.17) is 10.5 Å². The van der Waals surface area contributed by atoms with Crippen molar-refractivity contribution in [1.29, 1.82) is 0 Å². The van der Waals surface area contributed by atoms with E-state index in [0.29, 0.717) is 6.42 Å². The Morgan fingerprint density at radius 2 is 1.94 bits per heavy atom. The van der Waals surface area contributed by atoms with E-state index in [1.807, 2.05) is 30.3 Å². The highest BCUT2D eigenvalue weighted by Crippen LogP contribution is 2.06. The molecule has 0 aliphatic carbocycles. The second-order valence-corrected chi connectivity index (χ2v) is 4.28. The third-order valence-corrected chi connectivity index (χ3v) is 2.31. The van der Waals surface area contributed by atoms with Crippen LogP contribution < -0.4 is 5.73 Å². The molecule has 0 saturated heterocycles. The van der Waals surface area contributed by atoms with Gasteiger partial charge in [0.1, 0.15) is 0 Å². The first-order chi connectivity index (χ1) is 8.00. The number of ether oxygens (including phenoxy) is 1. The molecule has 4 nitrogen and oxygen atoms in total. The van der Waals surface area contributed by atoms with Gasteiger partial charge >= 0.3 is 5.97 Å². The van der Waals surface area contributed by atoms with Crippen LogP contribution in [0.25, 0.3) is 0 Å². The third kappa shape index (κ3) is 4.54. The largest absolute Gasteiger partial charge is 0.461 e. The number of aliphatic hydroxyl groups excluding tert-OH is 1. The summed E-state index contributed by atoms with van der Waals surface area (Å²) in [6, 6.07) is 8.84. The average Bonchev–Trinajstić information content (AvgIpc) is 2.28. The van der Waals surface area contributed by atoms with Crippen LogP contribution in [0.3, 0.4) is 0 Å². The maximum atomic E-state index is 11.4. The summed E-state index contributed by atoms with van der Waals surface area (Å²) < 4.78 is 4.90. The molecule has 0 aliphatic rings. The van der Waals surface area contributed by atoms with Crippen LogP contribution in [0.4, 0.5) is 0 Å². The fourth-order valence-corrected chi connectivity index (χ4v) is 1.47. The minimum atomic E-state index is -1.28. The minimum Gasteiger partial charge on any atom is -0.461 e. The molecule has 0 fully saturated rings. The standard InChI is InChI=1S/C13H19NO3/c1-9(2)17-13(16)12(15)11(14)8-10-6-4-3-5-7-10/h3-7,9,11-12,15H,8,14H2,1-2H3/t11?,12-/m1/s1. The number of carbonyl (C=O) groups excluding carboxylic acids is 1. The lowest BCUT2D eigenvalue weighted by Gasteiger charge is -2.19. The lowest BCUT2D eigenvalue weighted by Crippen LogP contribution is -2.43. The van der Waals surface area contributed by atoms with Gasteiger partial charge in [0, 0.05) is 6.04 Å². The number of benzene rings is 1. The van der Waals surface area contributed by atoms with Crippen molar-refractivity contribution in [2.75, 3.05) is 0 Å². The molecule has 0 aliphatic heterocycles. The first-order valence-electron chi connectivity index (χ1n) is 5.68. The predicted octanol–water partition coefficient (Wildman–Crippen LogP) is 0.869. The monoisotopic (exact) mass is 237 g/mol. The molecule has 0 spiro atoms. The highest BCUT2D eigenvalue weighted by Gasteiger charge is 2.25. The quantitative estimate of drug-likeness (QED) is 0.745. The molecule has 2 atom stereocenters. The number of rotatable bonds is 5. The van der Waals surface area contributed by atoms with Crippen LogP contribution in [-0.4, -0.2) is 29.3 Å². The molecule has 3 N–H and O–H groups in total. The van der Waals surface area contributed by atoms with E-state index in [0.717, 1.165) is 5.56 Å². The van der Waals surface area contributed by atoms with Gasteiger partial charge < -0.3 is 15.6 Å². The smallest absolute Gasteiger partial charge is 0.336 e. The van der Waals surface area contributed by atoms with Crippen LogP contribution in [0.1, 0.15) is 19.4 Å². The Morgan fingerprint density at radius 3 is 2.47 bits per heavy atom. The fourth-order valence-electron chi connectivity index (χ4n) is 1.47. The predicted molar refractivity (Wildman–Crippen MR) is 65.4 cm³/mol. The molecule has 1 aromatic rings. The van der Waals surface area contributed by atoms with Crippen LogP contribution in [-0.2, 0) is 16.0 Å². The van der Waals surface area contributed by atoms with Gasteiger partial charge in [0.05, 0.1) is 6.10 Å². The summed E-state index contributed by atoms with van der Waals surface area (Å²) in [4.78, 5) is 11.4. The Hall–Kier alpha value is -1.39. The molecular weight excluding hydrogens is 218 g/mol. The molecule has 1 aromatic carbocycles. The molecule has 0 heterocycles. The Morgan fingerprint density at radius 1 is 1.35 bits per heavy atom. The molecule has 0 radical (unpaired) electrons. The summed E-state index contributed by atoms with van der Waals surface area (Å²) in [6.07, 6.45) is -1.09. The molecule has 4 heteroatoms. The van der Waals surface area contributed by atoms with E-state index in [1.54, 1.807) is 13.8 Å². The maximum absolute atomic E-state index is 11.4. The molecule has 0 aromatic heterocycles. The first kappa shape index (κ1) is 13.7. The van der Waals surface area contributed by atoms with Gasteiger partial charge in [0.15, 0.2) is 6.10 Å². The molecule has 1 unspecified atom stereocenters. The van der Waals surface area contributed by atoms with Gasteiger partial charge in [-0.1, -0.05) is 30.3 Å². The average molecular weight is 237 g/mol. The van der Waals surface area contributed by atoms with Crippen molar-refractivity contribution in [3.05, 3.63) is 35.9 Å². The maximum Gasteiger partial charge on any atom is 0.336 e. The van der Waals surface area contributed by atoms with Gasteiger partial charge in [-0.15, -0.1) is 0 Å². The Labute approximate surface area is 101 Å². The Bertz CT molecular complexity index is 351. The zero-order valence-corrected chi connectivity index (χ0v) is 10.2. The summed E-state index contributed by atoms with van der Waals surface area (Å²) in [5, 5.41) is 9.70. The van der Waals surface area contributed by atoms with Gasteiger partial charge in [-0.05, 0) is 25.8 Å². The van der Waals surface area contributed by atoms with E-state index < -0.39 is 18.1 Å².